The molecule has 0 aromatic rings. The zero-order valence-corrected chi connectivity index (χ0v) is 4.55. The van der Waals surface area contributed by atoms with Crippen molar-refractivity contribution in [1.29, 1.82) is 0 Å². The van der Waals surface area contributed by atoms with Crippen LogP contribution in [-0.2, 0) is 4.84 Å². The van der Waals surface area contributed by atoms with Crippen LogP contribution >= 0.6 is 0 Å². The van der Waals surface area contributed by atoms with Crippen molar-refractivity contribution in [1.82, 2.24) is 5.48 Å². The Labute approximate surface area is 43.8 Å². The molecule has 0 bridgehead atoms. The van der Waals surface area contributed by atoms with E-state index in [1.807, 2.05) is 0 Å². The molecule has 7 heavy (non-hydrogen) atoms. The Bertz CT molecular complexity index is 50.0. The summed E-state index contributed by atoms with van der Waals surface area (Å²) in [6.07, 6.45) is 1.19. The summed E-state index contributed by atoms with van der Waals surface area (Å²) in [5.41, 5.74) is 3.73. The summed E-state index contributed by atoms with van der Waals surface area (Å²) in [6.45, 7) is 3.88. The van der Waals surface area contributed by atoms with Gasteiger partial charge in [0.25, 0.3) is 0 Å². The van der Waals surface area contributed by atoms with Gasteiger partial charge in [-0.3, -0.25) is 4.84 Å². The van der Waals surface area contributed by atoms with Crippen LogP contribution in [0, 0.1) is 5.92 Å². The van der Waals surface area contributed by atoms with Gasteiger partial charge in [0.2, 0.25) is 0 Å². The SMILES string of the molecule is CC1CC[N]OC1. The molecule has 0 aromatic carbocycles. The van der Waals surface area contributed by atoms with Gasteiger partial charge in [0.15, 0.2) is 0 Å². The van der Waals surface area contributed by atoms with Crippen molar-refractivity contribution >= 4 is 0 Å². The van der Waals surface area contributed by atoms with Gasteiger partial charge in [-0.25, -0.2) is 0 Å². The molecule has 41 valence electrons. The third-order valence-electron chi connectivity index (χ3n) is 1.16. The van der Waals surface area contributed by atoms with Gasteiger partial charge in [-0.05, 0) is 12.3 Å². The van der Waals surface area contributed by atoms with Gasteiger partial charge in [-0.1, -0.05) is 12.4 Å². The van der Waals surface area contributed by atoms with Crippen molar-refractivity contribution in [2.24, 2.45) is 5.92 Å². The predicted molar refractivity (Wildman–Crippen MR) is 26.7 cm³/mol. The fourth-order valence-corrected chi connectivity index (χ4v) is 0.601. The highest BCUT2D eigenvalue weighted by atomic mass is 16.6. The van der Waals surface area contributed by atoms with Gasteiger partial charge in [0.05, 0.1) is 6.61 Å². The lowest BCUT2D eigenvalue weighted by Crippen LogP contribution is -2.22. The van der Waals surface area contributed by atoms with Crippen molar-refractivity contribution in [3.05, 3.63) is 0 Å². The first-order chi connectivity index (χ1) is 3.39. The fourth-order valence-electron chi connectivity index (χ4n) is 0.601. The first-order valence-electron chi connectivity index (χ1n) is 2.68. The van der Waals surface area contributed by atoms with Gasteiger partial charge in [-0.15, -0.1) is 0 Å². The van der Waals surface area contributed by atoms with E-state index in [1.54, 1.807) is 0 Å². The second kappa shape index (κ2) is 2.28. The first-order valence-corrected chi connectivity index (χ1v) is 2.68. The monoisotopic (exact) mass is 100 g/mol. The molecule has 1 aliphatic heterocycles. The quantitative estimate of drug-likeness (QED) is 0.436. The van der Waals surface area contributed by atoms with Crippen LogP contribution in [0.5, 0.6) is 0 Å². The lowest BCUT2D eigenvalue weighted by molar-refractivity contribution is -0.0213. The number of nitrogens with zero attached hydrogens (tertiary/aromatic N) is 1. The second-order valence-corrected chi connectivity index (χ2v) is 2.04. The van der Waals surface area contributed by atoms with E-state index in [1.165, 1.54) is 6.42 Å². The Morgan fingerprint density at radius 2 is 2.57 bits per heavy atom. The van der Waals surface area contributed by atoms with E-state index < -0.39 is 0 Å². The minimum atomic E-state index is 0.720. The van der Waals surface area contributed by atoms with Crippen LogP contribution in [0.1, 0.15) is 13.3 Å². The van der Waals surface area contributed by atoms with Crippen molar-refractivity contribution in [3.63, 3.8) is 0 Å². The minimum Gasteiger partial charge on any atom is -0.282 e. The van der Waals surface area contributed by atoms with E-state index in [9.17, 15) is 0 Å². The van der Waals surface area contributed by atoms with Crippen molar-refractivity contribution in [2.75, 3.05) is 13.2 Å². The van der Waals surface area contributed by atoms with Crippen LogP contribution in [-0.4, -0.2) is 13.2 Å². The maximum absolute atomic E-state index is 4.81. The van der Waals surface area contributed by atoms with Gasteiger partial charge in [-0.2, -0.15) is 0 Å². The summed E-state index contributed by atoms with van der Waals surface area (Å²) >= 11 is 0. The largest absolute Gasteiger partial charge is 0.282 e. The molecule has 1 heterocycles. The van der Waals surface area contributed by atoms with Crippen molar-refractivity contribution < 1.29 is 4.84 Å². The van der Waals surface area contributed by atoms with E-state index in [4.69, 9.17) is 4.84 Å². The Morgan fingerprint density at radius 1 is 1.71 bits per heavy atom. The van der Waals surface area contributed by atoms with E-state index in [0.717, 1.165) is 19.1 Å². The summed E-state index contributed by atoms with van der Waals surface area (Å²) in [4.78, 5) is 4.81. The predicted octanol–water partition coefficient (Wildman–Crippen LogP) is 0.562. The van der Waals surface area contributed by atoms with Gasteiger partial charge in [0, 0.05) is 6.54 Å². The summed E-state index contributed by atoms with van der Waals surface area (Å²) < 4.78 is 0. The van der Waals surface area contributed by atoms with Crippen LogP contribution in [0.4, 0.5) is 0 Å². The molecule has 0 aromatic heterocycles. The Balaban J connectivity index is 2.12. The molecule has 0 aliphatic carbocycles. The molecular formula is C5H10NO. The zero-order chi connectivity index (χ0) is 5.11. The smallest absolute Gasteiger partial charge is 0.0728 e. The van der Waals surface area contributed by atoms with E-state index in [0.29, 0.717) is 0 Å². The normalized spacial score (nSPS) is 33.0. The summed E-state index contributed by atoms with van der Waals surface area (Å²) in [5.74, 6) is 0.720. The Morgan fingerprint density at radius 3 is 2.86 bits per heavy atom. The lowest BCUT2D eigenvalue weighted by Gasteiger charge is -2.15. The molecule has 2 nitrogen and oxygen atoms in total. The molecule has 1 aliphatic rings. The molecule has 1 saturated heterocycles. The van der Waals surface area contributed by atoms with Gasteiger partial charge >= 0.3 is 0 Å². The van der Waals surface area contributed by atoms with E-state index >= 15 is 0 Å². The topological polar surface area (TPSA) is 23.3 Å². The molecule has 2 heteroatoms. The van der Waals surface area contributed by atoms with Gasteiger partial charge < -0.3 is 0 Å². The number of hydrogen-bond acceptors (Lipinski definition) is 1. The maximum atomic E-state index is 4.81. The standard InChI is InChI=1S/C5H10NO/c1-5-2-3-6-7-4-5/h5H,2-4H2,1H3. The van der Waals surface area contributed by atoms with Crippen LogP contribution in [0.15, 0.2) is 0 Å². The molecule has 1 radical (unpaired) electrons. The van der Waals surface area contributed by atoms with E-state index in [-0.39, 0.29) is 0 Å². The highest BCUT2D eigenvalue weighted by Gasteiger charge is 2.07. The van der Waals surface area contributed by atoms with Crippen LogP contribution in [0.3, 0.4) is 0 Å². The number of hydroxylamine groups is 1. The van der Waals surface area contributed by atoms with Crippen molar-refractivity contribution in [2.45, 2.75) is 13.3 Å². The molecule has 1 unspecified atom stereocenters. The third kappa shape index (κ3) is 1.45. The average Bonchev–Trinajstić information content (AvgIpc) is 1.69. The number of rotatable bonds is 0. The Kier molecular flexibility index (Phi) is 1.65. The highest BCUT2D eigenvalue weighted by Crippen LogP contribution is 2.04. The molecule has 0 saturated carbocycles. The maximum Gasteiger partial charge on any atom is 0.0728 e. The van der Waals surface area contributed by atoms with Crippen LogP contribution in [0.25, 0.3) is 0 Å². The first kappa shape index (κ1) is 5.06. The average molecular weight is 100 g/mol. The lowest BCUT2D eigenvalue weighted by atomic mass is 10.1. The molecule has 0 spiro atoms. The summed E-state index contributed by atoms with van der Waals surface area (Å²) in [5, 5.41) is 0. The van der Waals surface area contributed by atoms with Crippen LogP contribution < -0.4 is 5.48 Å². The van der Waals surface area contributed by atoms with E-state index in [2.05, 4.69) is 12.4 Å². The molecule has 0 N–H and O–H groups in total. The molecule has 1 atom stereocenters. The second-order valence-electron chi connectivity index (χ2n) is 2.04. The minimum absolute atomic E-state index is 0.720. The summed E-state index contributed by atoms with van der Waals surface area (Å²) in [6, 6.07) is 0. The fraction of sp³-hybridized carbons (Fsp3) is 1.00. The molecule has 1 fully saturated rings. The van der Waals surface area contributed by atoms with Crippen molar-refractivity contribution in [3.8, 4) is 0 Å². The molecular weight excluding hydrogens is 90.1 g/mol. The Hall–Kier alpha value is -0.0800. The number of hydrogen-bond donors (Lipinski definition) is 0. The van der Waals surface area contributed by atoms with Crippen LogP contribution in [0.2, 0.25) is 0 Å². The third-order valence-corrected chi connectivity index (χ3v) is 1.16. The summed E-state index contributed by atoms with van der Waals surface area (Å²) in [7, 11) is 0. The molecule has 1 rings (SSSR count). The highest BCUT2D eigenvalue weighted by molar-refractivity contribution is 4.54. The zero-order valence-electron chi connectivity index (χ0n) is 4.55. The van der Waals surface area contributed by atoms with Gasteiger partial charge in [0.1, 0.15) is 0 Å². The molecule has 0 amide bonds.